The van der Waals surface area contributed by atoms with Crippen molar-refractivity contribution in [2.24, 2.45) is 0 Å². The highest BCUT2D eigenvalue weighted by Gasteiger charge is 2.30. The smallest absolute Gasteiger partial charge is 0.262 e. The summed E-state index contributed by atoms with van der Waals surface area (Å²) in [5.41, 5.74) is 0.379. The van der Waals surface area contributed by atoms with E-state index < -0.39 is 5.60 Å². The van der Waals surface area contributed by atoms with E-state index in [9.17, 15) is 9.59 Å². The van der Waals surface area contributed by atoms with Gasteiger partial charge in [-0.3, -0.25) is 14.2 Å². The van der Waals surface area contributed by atoms with Crippen LogP contribution in [0.3, 0.4) is 0 Å². The van der Waals surface area contributed by atoms with E-state index in [4.69, 9.17) is 4.74 Å². The maximum absolute atomic E-state index is 14.1. The zero-order valence-corrected chi connectivity index (χ0v) is 21.6. The summed E-state index contributed by atoms with van der Waals surface area (Å²) in [5.74, 6) is 0.760. The fourth-order valence-electron chi connectivity index (χ4n) is 6.75. The molecular formula is C32H29NO3. The third-order valence-corrected chi connectivity index (χ3v) is 8.18. The minimum Gasteiger partial charge on any atom is -0.487 e. The van der Waals surface area contributed by atoms with Gasteiger partial charge in [-0.1, -0.05) is 32.0 Å². The first-order valence-corrected chi connectivity index (χ1v) is 13.0. The minimum atomic E-state index is -0.409. The average molecular weight is 476 g/mol. The second-order valence-electron chi connectivity index (χ2n) is 11.4. The molecular weight excluding hydrogens is 446 g/mol. The molecule has 7 rings (SSSR count). The zero-order valence-electron chi connectivity index (χ0n) is 21.6. The molecule has 0 aliphatic heterocycles. The van der Waals surface area contributed by atoms with Gasteiger partial charge in [0.1, 0.15) is 11.4 Å². The molecule has 0 N–H and O–H groups in total. The van der Waals surface area contributed by atoms with Crippen LogP contribution >= 0.6 is 0 Å². The van der Waals surface area contributed by atoms with Gasteiger partial charge in [-0.25, -0.2) is 0 Å². The van der Waals surface area contributed by atoms with E-state index in [-0.39, 0.29) is 17.2 Å². The SMILES string of the molecule is CCC(CC)n1c(=O)c2c3cc(C)c4ccc5ccc6c(OC(C)(C)C)cc(c2c1=O)c1c6c5c4c31. The zero-order chi connectivity index (χ0) is 25.3. The Balaban J connectivity index is 1.86. The number of benzene rings is 5. The van der Waals surface area contributed by atoms with Crippen molar-refractivity contribution in [1.29, 1.82) is 0 Å². The predicted molar refractivity (Wildman–Crippen MR) is 151 cm³/mol. The van der Waals surface area contributed by atoms with E-state index in [1.807, 2.05) is 40.7 Å². The Kier molecular flexibility index (Phi) is 4.06. The van der Waals surface area contributed by atoms with Crippen molar-refractivity contribution >= 4 is 64.6 Å². The van der Waals surface area contributed by atoms with E-state index >= 15 is 0 Å². The van der Waals surface area contributed by atoms with E-state index in [1.54, 1.807) is 0 Å². The molecule has 4 heteroatoms. The van der Waals surface area contributed by atoms with Crippen molar-refractivity contribution in [1.82, 2.24) is 4.57 Å². The highest BCUT2D eigenvalue weighted by Crippen LogP contribution is 2.52. The normalized spacial score (nSPS) is 13.4. The molecule has 0 unspecified atom stereocenters. The first-order chi connectivity index (χ1) is 17.2. The van der Waals surface area contributed by atoms with Gasteiger partial charge in [0, 0.05) is 22.2 Å². The molecule has 0 radical (unpaired) electrons. The van der Waals surface area contributed by atoms with Crippen molar-refractivity contribution in [2.75, 3.05) is 0 Å². The summed E-state index contributed by atoms with van der Waals surface area (Å²) < 4.78 is 8.02. The van der Waals surface area contributed by atoms with Gasteiger partial charge in [0.15, 0.2) is 0 Å². The molecule has 36 heavy (non-hydrogen) atoms. The molecule has 0 atom stereocenters. The van der Waals surface area contributed by atoms with Crippen LogP contribution in [0, 0.1) is 6.92 Å². The van der Waals surface area contributed by atoms with Crippen molar-refractivity contribution in [3.8, 4) is 5.75 Å². The lowest BCUT2D eigenvalue weighted by Gasteiger charge is -2.23. The highest BCUT2D eigenvalue weighted by molar-refractivity contribution is 6.48. The first kappa shape index (κ1) is 21.6. The lowest BCUT2D eigenvalue weighted by molar-refractivity contribution is 0.133. The van der Waals surface area contributed by atoms with E-state index in [0.717, 1.165) is 56.5 Å². The summed E-state index contributed by atoms with van der Waals surface area (Å²) in [6.45, 7) is 12.3. The fourth-order valence-corrected chi connectivity index (χ4v) is 6.75. The van der Waals surface area contributed by atoms with Crippen LogP contribution in [0.2, 0.25) is 0 Å². The number of hydrogen-bond acceptors (Lipinski definition) is 3. The highest BCUT2D eigenvalue weighted by atomic mass is 16.5. The number of nitrogens with zero attached hydrogens (tertiary/aromatic N) is 1. The van der Waals surface area contributed by atoms with Gasteiger partial charge < -0.3 is 4.74 Å². The van der Waals surface area contributed by atoms with Gasteiger partial charge in [-0.2, -0.15) is 0 Å². The van der Waals surface area contributed by atoms with Crippen LogP contribution < -0.4 is 15.9 Å². The molecule has 0 aliphatic rings. The number of ether oxygens (including phenoxy) is 1. The summed E-state index contributed by atoms with van der Waals surface area (Å²) in [4.78, 5) is 28.1. The third-order valence-electron chi connectivity index (χ3n) is 8.18. The van der Waals surface area contributed by atoms with Gasteiger partial charge in [0.05, 0.1) is 10.8 Å². The summed E-state index contributed by atoms with van der Waals surface area (Å²) in [5, 5.41) is 12.0. The van der Waals surface area contributed by atoms with Crippen molar-refractivity contribution in [2.45, 2.75) is 66.0 Å². The molecule has 0 bridgehead atoms. The lowest BCUT2D eigenvalue weighted by Crippen LogP contribution is -2.29. The Morgan fingerprint density at radius 2 is 1.25 bits per heavy atom. The van der Waals surface area contributed by atoms with E-state index in [2.05, 4.69) is 37.3 Å². The number of rotatable bonds is 4. The maximum Gasteiger partial charge on any atom is 0.262 e. The van der Waals surface area contributed by atoms with E-state index in [0.29, 0.717) is 10.8 Å². The maximum atomic E-state index is 14.1. The second kappa shape index (κ2) is 6.76. The topological polar surface area (TPSA) is 48.3 Å². The standard InChI is InChI=1S/C32H29NO3/c1-7-17(8-2)33-30(34)28-20-13-15(3)18-11-9-16-10-12-19-22(36-32(4,5)6)14-21(29(28)31(33)35)27-25(19)23(16)24(18)26(20)27/h9-14,17H,7-8H2,1-6H3. The molecule has 1 heterocycles. The van der Waals surface area contributed by atoms with Crippen LogP contribution in [0.1, 0.15) is 59.1 Å². The van der Waals surface area contributed by atoms with Crippen molar-refractivity contribution < 1.29 is 4.74 Å². The fraction of sp³-hybridized carbons (Fsp3) is 0.312. The molecule has 4 nitrogen and oxygen atoms in total. The number of aromatic nitrogens is 1. The molecule has 0 aliphatic carbocycles. The quantitative estimate of drug-likeness (QED) is 0.245. The van der Waals surface area contributed by atoms with Crippen LogP contribution in [0.25, 0.3) is 64.6 Å². The van der Waals surface area contributed by atoms with Gasteiger partial charge >= 0.3 is 0 Å². The Labute approximate surface area is 208 Å². The molecule has 0 saturated heterocycles. The minimum absolute atomic E-state index is 0.111. The molecule has 7 aromatic rings. The number of aryl methyl sites for hydroxylation is 1. The van der Waals surface area contributed by atoms with Crippen LogP contribution in [-0.4, -0.2) is 10.2 Å². The molecule has 0 spiro atoms. The summed E-state index contributed by atoms with van der Waals surface area (Å²) in [7, 11) is 0. The third kappa shape index (κ3) is 2.45. The van der Waals surface area contributed by atoms with Crippen molar-refractivity contribution in [3.63, 3.8) is 0 Å². The molecule has 0 amide bonds. The van der Waals surface area contributed by atoms with E-state index in [1.165, 1.54) is 26.1 Å². The van der Waals surface area contributed by atoms with Gasteiger partial charge in [-0.05, 0) is 102 Å². The molecule has 0 fully saturated rings. The second-order valence-corrected chi connectivity index (χ2v) is 11.4. The first-order valence-electron chi connectivity index (χ1n) is 13.0. The molecule has 1 aromatic heterocycles. The Bertz CT molecular complexity index is 2070. The van der Waals surface area contributed by atoms with Crippen LogP contribution in [-0.2, 0) is 0 Å². The van der Waals surface area contributed by atoms with Crippen molar-refractivity contribution in [3.05, 3.63) is 62.7 Å². The average Bonchev–Trinajstić information content (AvgIpc) is 3.31. The van der Waals surface area contributed by atoms with Gasteiger partial charge in [0.25, 0.3) is 11.1 Å². The summed E-state index contributed by atoms with van der Waals surface area (Å²) >= 11 is 0. The Morgan fingerprint density at radius 3 is 1.83 bits per heavy atom. The van der Waals surface area contributed by atoms with Crippen LogP contribution in [0.15, 0.2) is 46.0 Å². The molecule has 0 saturated carbocycles. The summed E-state index contributed by atoms with van der Waals surface area (Å²) in [6, 6.07) is 12.7. The predicted octanol–water partition coefficient (Wildman–Crippen LogP) is 7.73. The molecule has 6 aromatic carbocycles. The monoisotopic (exact) mass is 475 g/mol. The van der Waals surface area contributed by atoms with Gasteiger partial charge in [0.2, 0.25) is 0 Å². The lowest BCUT2D eigenvalue weighted by atomic mass is 9.93. The largest absolute Gasteiger partial charge is 0.487 e. The summed E-state index contributed by atoms with van der Waals surface area (Å²) in [6.07, 6.45) is 1.48. The Hall–Kier alpha value is -3.66. The molecule has 180 valence electrons. The number of hydrogen-bond donors (Lipinski definition) is 0. The van der Waals surface area contributed by atoms with Gasteiger partial charge in [-0.15, -0.1) is 0 Å². The number of fused-ring (bicyclic) bond motifs is 3. The van der Waals surface area contributed by atoms with Crippen LogP contribution in [0.4, 0.5) is 0 Å². The van der Waals surface area contributed by atoms with Crippen LogP contribution in [0.5, 0.6) is 5.75 Å². The Morgan fingerprint density at radius 1 is 0.722 bits per heavy atom.